The number of hydrogen-bond acceptors (Lipinski definition) is 4. The second kappa shape index (κ2) is 8.41. The first-order valence-electron chi connectivity index (χ1n) is 9.66. The normalized spacial score (nSPS) is 13.5. The molecule has 1 aromatic carbocycles. The maximum atomic E-state index is 12.4. The van der Waals surface area contributed by atoms with Crippen molar-refractivity contribution < 1.29 is 9.59 Å². The van der Waals surface area contributed by atoms with Gasteiger partial charge in [0.05, 0.1) is 6.54 Å². The number of aromatic nitrogens is 3. The van der Waals surface area contributed by atoms with Crippen LogP contribution in [0.4, 0.5) is 5.69 Å². The fourth-order valence-corrected chi connectivity index (χ4v) is 3.66. The first-order chi connectivity index (χ1) is 13.3. The highest BCUT2D eigenvalue weighted by molar-refractivity contribution is 5.95. The number of nitrogens with one attached hydrogen (secondary N) is 2. The predicted molar refractivity (Wildman–Crippen MR) is 106 cm³/mol. The van der Waals surface area contributed by atoms with Crippen molar-refractivity contribution in [3.63, 3.8) is 0 Å². The summed E-state index contributed by atoms with van der Waals surface area (Å²) in [5.41, 5.74) is 3.58. The highest BCUT2D eigenvalue weighted by atomic mass is 16.2. The van der Waals surface area contributed by atoms with Gasteiger partial charge in [-0.2, -0.15) is 5.10 Å². The summed E-state index contributed by atoms with van der Waals surface area (Å²) in [5.74, 6) is 0.0117. The van der Waals surface area contributed by atoms with Crippen molar-refractivity contribution in [2.24, 2.45) is 0 Å². The summed E-state index contributed by atoms with van der Waals surface area (Å²) in [6.07, 6.45) is 3.78. The molecule has 1 aromatic heterocycles. The van der Waals surface area contributed by atoms with Crippen LogP contribution in [-0.4, -0.2) is 32.7 Å². The predicted octanol–water partition coefficient (Wildman–Crippen LogP) is 1.45. The second-order valence-corrected chi connectivity index (χ2v) is 7.42. The average Bonchev–Trinajstić information content (AvgIpc) is 2.80. The summed E-state index contributed by atoms with van der Waals surface area (Å²) in [5, 5.41) is 9.68. The van der Waals surface area contributed by atoms with E-state index in [2.05, 4.69) is 15.7 Å². The number of benzene rings is 1. The van der Waals surface area contributed by atoms with Gasteiger partial charge < -0.3 is 10.6 Å². The fraction of sp³-hybridized carbons (Fsp3) is 0.500. The van der Waals surface area contributed by atoms with Crippen LogP contribution in [0, 0.1) is 20.8 Å². The molecule has 0 atom stereocenters. The summed E-state index contributed by atoms with van der Waals surface area (Å²) < 4.78 is 2.83. The number of carbonyl (C=O) groups excluding carboxylic acids is 2. The van der Waals surface area contributed by atoms with Crippen LogP contribution in [0.1, 0.15) is 41.8 Å². The molecule has 0 saturated heterocycles. The Morgan fingerprint density at radius 2 is 1.79 bits per heavy atom. The molecule has 0 unspecified atom stereocenters. The van der Waals surface area contributed by atoms with Gasteiger partial charge >= 0.3 is 5.69 Å². The van der Waals surface area contributed by atoms with Crippen molar-refractivity contribution in [2.75, 3.05) is 11.9 Å². The van der Waals surface area contributed by atoms with Crippen LogP contribution in [0.5, 0.6) is 0 Å². The molecule has 3 rings (SSSR count). The van der Waals surface area contributed by atoms with E-state index in [0.29, 0.717) is 6.54 Å². The topological polar surface area (TPSA) is 98.0 Å². The van der Waals surface area contributed by atoms with Crippen LogP contribution in [0.2, 0.25) is 0 Å². The molecule has 2 heterocycles. The van der Waals surface area contributed by atoms with Crippen molar-refractivity contribution >= 4 is 17.5 Å². The zero-order chi connectivity index (χ0) is 20.3. The molecule has 0 radical (unpaired) electrons. The minimum absolute atomic E-state index is 0.159. The van der Waals surface area contributed by atoms with Crippen molar-refractivity contribution in [1.82, 2.24) is 19.7 Å². The molecule has 0 aliphatic carbocycles. The van der Waals surface area contributed by atoms with E-state index in [1.165, 1.54) is 4.68 Å². The summed E-state index contributed by atoms with van der Waals surface area (Å²) in [4.78, 5) is 36.8. The third kappa shape index (κ3) is 4.49. The Balaban J connectivity index is 1.56. The van der Waals surface area contributed by atoms with E-state index >= 15 is 0 Å². The Morgan fingerprint density at radius 3 is 2.50 bits per heavy atom. The molecule has 0 saturated carbocycles. The Kier molecular flexibility index (Phi) is 5.96. The van der Waals surface area contributed by atoms with Crippen LogP contribution in [-0.2, 0) is 29.1 Å². The Bertz CT molecular complexity index is 934. The monoisotopic (exact) mass is 385 g/mol. The highest BCUT2D eigenvalue weighted by Gasteiger charge is 2.17. The van der Waals surface area contributed by atoms with Gasteiger partial charge in [-0.05, 0) is 44.7 Å². The molecule has 0 fully saturated rings. The smallest absolute Gasteiger partial charge is 0.345 e. The van der Waals surface area contributed by atoms with Crippen LogP contribution < -0.4 is 16.3 Å². The Morgan fingerprint density at radius 1 is 1.07 bits per heavy atom. The summed E-state index contributed by atoms with van der Waals surface area (Å²) in [7, 11) is 0. The lowest BCUT2D eigenvalue weighted by atomic mass is 10.1. The Hall–Kier alpha value is -2.90. The van der Waals surface area contributed by atoms with Crippen molar-refractivity contribution in [1.29, 1.82) is 0 Å². The standard InChI is InChI=1S/C20H27N5O3/c1-13-9-14(2)19(15(3)10-13)22-17(26)11-21-18(27)12-25-20(28)24-8-6-4-5-7-16(24)23-25/h9-10H,4-8,11-12H2,1-3H3,(H,21,27)(H,22,26). The minimum Gasteiger partial charge on any atom is -0.345 e. The lowest BCUT2D eigenvalue weighted by Gasteiger charge is -2.13. The lowest BCUT2D eigenvalue weighted by Crippen LogP contribution is -2.37. The first-order valence-corrected chi connectivity index (χ1v) is 9.66. The number of carbonyl (C=O) groups is 2. The zero-order valence-electron chi connectivity index (χ0n) is 16.7. The summed E-state index contributed by atoms with van der Waals surface area (Å²) in [6, 6.07) is 3.99. The van der Waals surface area contributed by atoms with Crippen LogP contribution in [0.15, 0.2) is 16.9 Å². The van der Waals surface area contributed by atoms with E-state index in [4.69, 9.17) is 0 Å². The number of amides is 2. The third-order valence-corrected chi connectivity index (χ3v) is 4.96. The molecular formula is C20H27N5O3. The van der Waals surface area contributed by atoms with Gasteiger partial charge in [0.15, 0.2) is 0 Å². The van der Waals surface area contributed by atoms with Gasteiger partial charge in [-0.25, -0.2) is 9.48 Å². The zero-order valence-corrected chi connectivity index (χ0v) is 16.7. The summed E-state index contributed by atoms with van der Waals surface area (Å²) in [6.45, 7) is 6.17. The van der Waals surface area contributed by atoms with E-state index < -0.39 is 5.91 Å². The van der Waals surface area contributed by atoms with Gasteiger partial charge in [0.2, 0.25) is 11.8 Å². The molecule has 8 nitrogen and oxygen atoms in total. The molecule has 8 heteroatoms. The molecular weight excluding hydrogens is 358 g/mol. The van der Waals surface area contributed by atoms with Crippen LogP contribution >= 0.6 is 0 Å². The molecule has 1 aliphatic heterocycles. The van der Waals surface area contributed by atoms with Crippen molar-refractivity contribution in [3.05, 3.63) is 45.1 Å². The van der Waals surface area contributed by atoms with Crippen LogP contribution in [0.3, 0.4) is 0 Å². The molecule has 2 amide bonds. The molecule has 0 spiro atoms. The number of fused-ring (bicyclic) bond motifs is 1. The first kappa shape index (κ1) is 19.9. The van der Waals surface area contributed by atoms with Gasteiger partial charge in [-0.3, -0.25) is 14.2 Å². The van der Waals surface area contributed by atoms with E-state index in [9.17, 15) is 14.4 Å². The minimum atomic E-state index is -0.414. The number of rotatable bonds is 5. The average molecular weight is 385 g/mol. The number of hydrogen-bond donors (Lipinski definition) is 2. The number of anilines is 1. The van der Waals surface area contributed by atoms with E-state index in [1.54, 1.807) is 4.57 Å². The second-order valence-electron chi connectivity index (χ2n) is 7.42. The number of nitrogens with zero attached hydrogens (tertiary/aromatic N) is 3. The SMILES string of the molecule is Cc1cc(C)c(NC(=O)CNC(=O)Cn2nc3n(c2=O)CCCCC3)c(C)c1. The number of aryl methyl sites for hydroxylation is 4. The molecule has 1 aliphatic rings. The maximum absolute atomic E-state index is 12.4. The van der Waals surface area contributed by atoms with Gasteiger partial charge in [0.1, 0.15) is 12.4 Å². The van der Waals surface area contributed by atoms with E-state index in [0.717, 1.165) is 53.9 Å². The van der Waals surface area contributed by atoms with Crippen LogP contribution in [0.25, 0.3) is 0 Å². The fourth-order valence-electron chi connectivity index (χ4n) is 3.66. The quantitative estimate of drug-likeness (QED) is 0.814. The summed E-state index contributed by atoms with van der Waals surface area (Å²) >= 11 is 0. The third-order valence-electron chi connectivity index (χ3n) is 4.96. The lowest BCUT2D eigenvalue weighted by molar-refractivity contribution is -0.124. The van der Waals surface area contributed by atoms with Gasteiger partial charge in [-0.1, -0.05) is 24.1 Å². The molecule has 28 heavy (non-hydrogen) atoms. The van der Waals surface area contributed by atoms with E-state index in [1.807, 2.05) is 32.9 Å². The van der Waals surface area contributed by atoms with Crippen molar-refractivity contribution in [3.8, 4) is 0 Å². The molecule has 0 bridgehead atoms. The van der Waals surface area contributed by atoms with Gasteiger partial charge in [0.25, 0.3) is 0 Å². The van der Waals surface area contributed by atoms with E-state index in [-0.39, 0.29) is 24.7 Å². The maximum Gasteiger partial charge on any atom is 0.346 e. The van der Waals surface area contributed by atoms with Gasteiger partial charge in [-0.15, -0.1) is 0 Å². The van der Waals surface area contributed by atoms with Gasteiger partial charge in [0, 0.05) is 18.7 Å². The Labute approximate surface area is 163 Å². The highest BCUT2D eigenvalue weighted by Crippen LogP contribution is 2.21. The largest absolute Gasteiger partial charge is 0.346 e. The molecule has 2 aromatic rings. The van der Waals surface area contributed by atoms with Crippen molar-refractivity contribution in [2.45, 2.75) is 59.5 Å². The molecule has 150 valence electrons. The molecule has 2 N–H and O–H groups in total.